The fourth-order valence-corrected chi connectivity index (χ4v) is 3.77. The highest BCUT2D eigenvalue weighted by molar-refractivity contribution is 6.54. The number of carbonyl (C=O) groups excluding carboxylic acids is 2. The summed E-state index contributed by atoms with van der Waals surface area (Å²) in [4.78, 5) is 30.0. The summed E-state index contributed by atoms with van der Waals surface area (Å²) in [6, 6.07) is 8.06. The van der Waals surface area contributed by atoms with Gasteiger partial charge in [-0.3, -0.25) is 14.6 Å². The fraction of sp³-hybridized carbons (Fsp3) is 0.273. The molecule has 0 atom stereocenters. The Morgan fingerprint density at radius 2 is 1.91 bits per heavy atom. The first-order valence-corrected chi connectivity index (χ1v) is 11.0. The van der Waals surface area contributed by atoms with Crippen molar-refractivity contribution < 1.29 is 18.5 Å². The number of halogens is 3. The number of nitrogens with one attached hydrogen (secondary N) is 1. The molecule has 1 aliphatic rings. The Kier molecular flexibility index (Phi) is 6.80. The number of aromatic nitrogens is 2. The molecule has 0 bridgehead atoms. The van der Waals surface area contributed by atoms with E-state index in [0.717, 1.165) is 0 Å². The second-order valence-corrected chi connectivity index (χ2v) is 8.55. The van der Waals surface area contributed by atoms with Crippen molar-refractivity contribution in [1.82, 2.24) is 15.0 Å². The van der Waals surface area contributed by atoms with Crippen LogP contribution < -0.4 is 10.2 Å². The molecule has 3 aromatic rings. The number of nitrogens with zero attached hydrogens (tertiary/aromatic N) is 4. The van der Waals surface area contributed by atoms with E-state index in [-0.39, 0.29) is 5.91 Å². The summed E-state index contributed by atoms with van der Waals surface area (Å²) in [6.45, 7) is 3.82. The SMILES string of the molecule is CC(=O)N1CCN(c2cccc(F)c2-c2cc(-c3cncc(NC(=O)C(Cl)Cl)c3)on2)CC1. The van der Waals surface area contributed by atoms with Gasteiger partial charge in [0.05, 0.1) is 17.4 Å². The molecule has 1 aliphatic heterocycles. The monoisotopic (exact) mass is 491 g/mol. The Hall–Kier alpha value is -3.17. The molecule has 0 aliphatic carbocycles. The molecule has 1 N–H and O–H groups in total. The molecule has 4 rings (SSSR count). The zero-order valence-electron chi connectivity index (χ0n) is 17.6. The molecule has 172 valence electrons. The molecule has 2 amide bonds. The number of benzene rings is 1. The molecule has 33 heavy (non-hydrogen) atoms. The molecular weight excluding hydrogens is 472 g/mol. The van der Waals surface area contributed by atoms with E-state index in [1.165, 1.54) is 18.5 Å². The van der Waals surface area contributed by atoms with Crippen LogP contribution in [0.1, 0.15) is 6.92 Å². The predicted molar refractivity (Wildman–Crippen MR) is 124 cm³/mol. The molecular formula is C22H20Cl2FN5O3. The molecule has 1 fully saturated rings. The van der Waals surface area contributed by atoms with Crippen LogP contribution in [0.2, 0.25) is 0 Å². The maximum atomic E-state index is 14.9. The molecule has 0 spiro atoms. The summed E-state index contributed by atoms with van der Waals surface area (Å²) in [5.41, 5.74) is 2.21. The van der Waals surface area contributed by atoms with Crippen molar-refractivity contribution in [3.63, 3.8) is 0 Å². The van der Waals surface area contributed by atoms with Gasteiger partial charge in [0.1, 0.15) is 11.5 Å². The summed E-state index contributed by atoms with van der Waals surface area (Å²) in [5.74, 6) is -0.653. The summed E-state index contributed by atoms with van der Waals surface area (Å²) < 4.78 is 20.4. The van der Waals surface area contributed by atoms with Gasteiger partial charge >= 0.3 is 0 Å². The van der Waals surface area contributed by atoms with Crippen LogP contribution in [-0.2, 0) is 9.59 Å². The summed E-state index contributed by atoms with van der Waals surface area (Å²) in [6.07, 6.45) is 2.96. The third-order valence-electron chi connectivity index (χ3n) is 5.31. The van der Waals surface area contributed by atoms with Gasteiger partial charge < -0.3 is 19.6 Å². The molecule has 0 radical (unpaired) electrons. The number of rotatable bonds is 5. The van der Waals surface area contributed by atoms with Crippen molar-refractivity contribution >= 4 is 46.4 Å². The van der Waals surface area contributed by atoms with Crippen LogP contribution in [0.4, 0.5) is 15.8 Å². The Labute approximate surface area is 199 Å². The molecule has 1 aromatic carbocycles. The molecule has 8 nitrogen and oxygen atoms in total. The van der Waals surface area contributed by atoms with Crippen molar-refractivity contribution in [3.8, 4) is 22.6 Å². The van der Waals surface area contributed by atoms with Crippen LogP contribution in [0.15, 0.2) is 47.2 Å². The van der Waals surface area contributed by atoms with Gasteiger partial charge in [-0.2, -0.15) is 0 Å². The summed E-state index contributed by atoms with van der Waals surface area (Å²) >= 11 is 11.1. The minimum atomic E-state index is -1.22. The minimum Gasteiger partial charge on any atom is -0.367 e. The first-order chi connectivity index (χ1) is 15.8. The van der Waals surface area contributed by atoms with E-state index in [1.807, 2.05) is 11.0 Å². The minimum absolute atomic E-state index is 0.0231. The van der Waals surface area contributed by atoms with E-state index >= 15 is 0 Å². The van der Waals surface area contributed by atoms with Crippen molar-refractivity contribution in [2.45, 2.75) is 11.8 Å². The van der Waals surface area contributed by atoms with Gasteiger partial charge in [0.2, 0.25) is 5.91 Å². The first kappa shape index (κ1) is 23.0. The largest absolute Gasteiger partial charge is 0.367 e. The molecule has 0 saturated carbocycles. The topological polar surface area (TPSA) is 91.6 Å². The Bertz CT molecular complexity index is 1180. The number of piperazine rings is 1. The van der Waals surface area contributed by atoms with E-state index in [0.29, 0.717) is 60.1 Å². The smallest absolute Gasteiger partial charge is 0.257 e. The maximum Gasteiger partial charge on any atom is 0.257 e. The van der Waals surface area contributed by atoms with Crippen molar-refractivity contribution in [2.24, 2.45) is 0 Å². The molecule has 1 saturated heterocycles. The summed E-state index contributed by atoms with van der Waals surface area (Å²) in [7, 11) is 0. The van der Waals surface area contributed by atoms with Crippen LogP contribution in [0.25, 0.3) is 22.6 Å². The lowest BCUT2D eigenvalue weighted by Crippen LogP contribution is -2.48. The molecule has 11 heteroatoms. The van der Waals surface area contributed by atoms with Gasteiger partial charge in [-0.15, -0.1) is 0 Å². The number of pyridine rings is 1. The van der Waals surface area contributed by atoms with E-state index in [1.54, 1.807) is 30.0 Å². The summed E-state index contributed by atoms with van der Waals surface area (Å²) in [5, 5.41) is 6.62. The maximum absolute atomic E-state index is 14.9. The van der Waals surface area contributed by atoms with Gasteiger partial charge in [-0.1, -0.05) is 34.4 Å². The lowest BCUT2D eigenvalue weighted by molar-refractivity contribution is -0.129. The Morgan fingerprint density at radius 1 is 1.15 bits per heavy atom. The zero-order chi connectivity index (χ0) is 23.5. The number of hydrogen-bond acceptors (Lipinski definition) is 6. The van der Waals surface area contributed by atoms with Crippen LogP contribution in [0, 0.1) is 5.82 Å². The number of amides is 2. The van der Waals surface area contributed by atoms with Crippen molar-refractivity contribution in [2.75, 3.05) is 36.4 Å². The van der Waals surface area contributed by atoms with Crippen LogP contribution >= 0.6 is 23.2 Å². The quantitative estimate of drug-likeness (QED) is 0.543. The standard InChI is InChI=1S/C22H20Cl2FN5O3/c1-13(31)29-5-7-30(8-6-29)18-4-2-3-16(25)20(18)17-10-19(33-28-17)14-9-15(12-26-11-14)27-22(32)21(23)24/h2-4,9-12,21H,5-8H2,1H3,(H,27,32). The lowest BCUT2D eigenvalue weighted by atomic mass is 10.1. The second kappa shape index (κ2) is 9.76. The fourth-order valence-electron chi connectivity index (χ4n) is 3.66. The van der Waals surface area contributed by atoms with Gasteiger partial charge in [-0.05, 0) is 18.2 Å². The van der Waals surface area contributed by atoms with Crippen LogP contribution in [-0.4, -0.2) is 57.9 Å². The normalized spacial score (nSPS) is 14.0. The highest BCUT2D eigenvalue weighted by Gasteiger charge is 2.24. The van der Waals surface area contributed by atoms with E-state index in [9.17, 15) is 14.0 Å². The zero-order valence-corrected chi connectivity index (χ0v) is 19.1. The molecule has 0 unspecified atom stereocenters. The van der Waals surface area contributed by atoms with Crippen molar-refractivity contribution in [1.29, 1.82) is 0 Å². The lowest BCUT2D eigenvalue weighted by Gasteiger charge is -2.36. The number of anilines is 2. The van der Waals surface area contributed by atoms with Crippen LogP contribution in [0.5, 0.6) is 0 Å². The highest BCUT2D eigenvalue weighted by Crippen LogP contribution is 2.35. The van der Waals surface area contributed by atoms with E-state index < -0.39 is 16.6 Å². The Morgan fingerprint density at radius 3 is 2.61 bits per heavy atom. The third kappa shape index (κ3) is 5.09. The van der Waals surface area contributed by atoms with E-state index in [4.69, 9.17) is 27.7 Å². The number of hydrogen-bond donors (Lipinski definition) is 1. The molecule has 2 aromatic heterocycles. The number of alkyl halides is 2. The van der Waals surface area contributed by atoms with Gasteiger partial charge in [0.25, 0.3) is 5.91 Å². The third-order valence-corrected chi connectivity index (χ3v) is 5.71. The van der Waals surface area contributed by atoms with Gasteiger partial charge in [-0.25, -0.2) is 4.39 Å². The highest BCUT2D eigenvalue weighted by atomic mass is 35.5. The Balaban J connectivity index is 1.61. The second-order valence-electron chi connectivity index (χ2n) is 7.46. The predicted octanol–water partition coefficient (Wildman–Crippen LogP) is 3.95. The van der Waals surface area contributed by atoms with Gasteiger partial charge in [0.15, 0.2) is 10.6 Å². The molecule has 3 heterocycles. The van der Waals surface area contributed by atoms with Crippen molar-refractivity contribution in [3.05, 3.63) is 48.5 Å². The number of carbonyl (C=O) groups is 2. The first-order valence-electron chi connectivity index (χ1n) is 10.1. The average Bonchev–Trinajstić information content (AvgIpc) is 3.29. The average molecular weight is 492 g/mol. The van der Waals surface area contributed by atoms with E-state index in [2.05, 4.69) is 15.5 Å². The van der Waals surface area contributed by atoms with Crippen LogP contribution in [0.3, 0.4) is 0 Å². The van der Waals surface area contributed by atoms with Gasteiger partial charge in [0, 0.05) is 56.6 Å².